The first-order chi connectivity index (χ1) is 13.4. The maximum Gasteiger partial charge on any atom is 0.327 e. The van der Waals surface area contributed by atoms with Crippen LogP contribution in [0.15, 0.2) is 52.7 Å². The van der Waals surface area contributed by atoms with Gasteiger partial charge in [0.25, 0.3) is 5.56 Å². The number of rotatable bonds is 5. The minimum Gasteiger partial charge on any atom is -0.504 e. The van der Waals surface area contributed by atoms with Crippen LogP contribution in [-0.2, 0) is 9.53 Å². The summed E-state index contributed by atoms with van der Waals surface area (Å²) in [6.45, 7) is 7.35. The number of carbonyl (C=O) groups excluding carboxylic acids is 1. The van der Waals surface area contributed by atoms with Crippen LogP contribution in [0.5, 0.6) is 11.5 Å². The van der Waals surface area contributed by atoms with Crippen molar-refractivity contribution in [3.05, 3.63) is 75.1 Å². The van der Waals surface area contributed by atoms with Gasteiger partial charge in [0, 0.05) is 11.6 Å². The Bertz CT molecular complexity index is 1070. The van der Waals surface area contributed by atoms with Crippen LogP contribution in [0, 0.1) is 5.92 Å². The van der Waals surface area contributed by atoms with E-state index in [1.165, 1.54) is 25.3 Å². The lowest BCUT2D eigenvalue weighted by molar-refractivity contribution is -0.146. The number of hydrogen-bond acceptors (Lipinski definition) is 7. The number of esters is 1. The number of aromatic hydroxyl groups is 1. The Kier molecular flexibility index (Phi) is 5.08. The number of fused-ring (bicyclic) bond motifs is 1. The zero-order valence-corrected chi connectivity index (χ0v) is 15.1. The van der Waals surface area contributed by atoms with Crippen LogP contribution >= 0.6 is 0 Å². The Balaban J connectivity index is 2.22. The molecule has 1 aliphatic rings. The van der Waals surface area contributed by atoms with Crippen molar-refractivity contribution in [1.82, 2.24) is 9.97 Å². The molecule has 0 aliphatic carbocycles. The Morgan fingerprint density at radius 3 is 2.71 bits per heavy atom. The highest BCUT2D eigenvalue weighted by molar-refractivity contribution is 5.81. The number of aromatic amines is 2. The summed E-state index contributed by atoms with van der Waals surface area (Å²) < 4.78 is 10.2. The molecule has 2 atom stereocenters. The number of carbonyl (C=O) groups is 1. The van der Waals surface area contributed by atoms with E-state index in [0.29, 0.717) is 5.56 Å². The highest BCUT2D eigenvalue weighted by Gasteiger charge is 2.41. The fourth-order valence-electron chi connectivity index (χ4n) is 3.27. The van der Waals surface area contributed by atoms with Gasteiger partial charge in [-0.05, 0) is 17.7 Å². The summed E-state index contributed by atoms with van der Waals surface area (Å²) in [4.78, 5) is 41.6. The SMILES string of the molecule is C=CCOC(=O)C1C(=C)Nc2[nH]c(=O)[nH]c(=O)c2C1c1ccc(OC)c(O)c1. The summed E-state index contributed by atoms with van der Waals surface area (Å²) >= 11 is 0. The number of benzene rings is 1. The van der Waals surface area contributed by atoms with E-state index in [0.717, 1.165) is 0 Å². The normalized spacial score (nSPS) is 18.0. The van der Waals surface area contributed by atoms with E-state index in [-0.39, 0.29) is 35.2 Å². The molecule has 0 bridgehead atoms. The average molecular weight is 385 g/mol. The molecular formula is C19H19N3O6. The number of phenols is 1. The van der Waals surface area contributed by atoms with Gasteiger partial charge in [-0.2, -0.15) is 0 Å². The summed E-state index contributed by atoms with van der Waals surface area (Å²) in [7, 11) is 1.40. The summed E-state index contributed by atoms with van der Waals surface area (Å²) in [6, 6.07) is 4.52. The van der Waals surface area contributed by atoms with Gasteiger partial charge in [0.1, 0.15) is 18.3 Å². The number of nitrogens with one attached hydrogen (secondary N) is 3. The van der Waals surface area contributed by atoms with E-state index in [2.05, 4.69) is 28.4 Å². The summed E-state index contributed by atoms with van der Waals surface area (Å²) in [5.74, 6) is -2.27. The molecule has 146 valence electrons. The van der Waals surface area contributed by atoms with E-state index in [1.807, 2.05) is 0 Å². The van der Waals surface area contributed by atoms with E-state index < -0.39 is 29.1 Å². The van der Waals surface area contributed by atoms with Crippen LogP contribution in [0.4, 0.5) is 5.82 Å². The number of phenolic OH excluding ortho intramolecular Hbond substituents is 1. The maximum absolute atomic E-state index is 12.7. The Morgan fingerprint density at radius 2 is 2.07 bits per heavy atom. The van der Waals surface area contributed by atoms with Crippen molar-refractivity contribution >= 4 is 11.8 Å². The average Bonchev–Trinajstić information content (AvgIpc) is 2.64. The summed E-state index contributed by atoms with van der Waals surface area (Å²) in [5, 5.41) is 13.0. The molecule has 2 unspecified atom stereocenters. The molecule has 1 aliphatic heterocycles. The molecular weight excluding hydrogens is 366 g/mol. The molecule has 1 aromatic heterocycles. The second-order valence-electron chi connectivity index (χ2n) is 6.15. The van der Waals surface area contributed by atoms with Crippen LogP contribution in [0.1, 0.15) is 17.0 Å². The number of anilines is 1. The topological polar surface area (TPSA) is 134 Å². The quantitative estimate of drug-likeness (QED) is 0.449. The number of ether oxygens (including phenoxy) is 2. The Hall–Kier alpha value is -3.75. The number of H-pyrrole nitrogens is 2. The van der Waals surface area contributed by atoms with Crippen molar-refractivity contribution in [3.63, 3.8) is 0 Å². The second kappa shape index (κ2) is 7.47. The monoisotopic (exact) mass is 385 g/mol. The molecule has 0 spiro atoms. The van der Waals surface area contributed by atoms with Gasteiger partial charge >= 0.3 is 11.7 Å². The molecule has 1 aromatic carbocycles. The van der Waals surface area contributed by atoms with Crippen LogP contribution in [0.3, 0.4) is 0 Å². The molecule has 9 nitrogen and oxygen atoms in total. The molecule has 0 saturated heterocycles. The van der Waals surface area contributed by atoms with Gasteiger partial charge < -0.3 is 19.9 Å². The van der Waals surface area contributed by atoms with Gasteiger partial charge in [-0.25, -0.2) is 4.79 Å². The lowest BCUT2D eigenvalue weighted by Gasteiger charge is -2.33. The third kappa shape index (κ3) is 3.29. The molecule has 3 rings (SSSR count). The number of aromatic nitrogens is 2. The van der Waals surface area contributed by atoms with Gasteiger partial charge in [0.15, 0.2) is 11.5 Å². The number of hydrogen-bond donors (Lipinski definition) is 4. The highest BCUT2D eigenvalue weighted by atomic mass is 16.5. The van der Waals surface area contributed by atoms with Crippen molar-refractivity contribution in [2.45, 2.75) is 5.92 Å². The van der Waals surface area contributed by atoms with E-state index in [1.54, 1.807) is 6.07 Å². The fourth-order valence-corrected chi connectivity index (χ4v) is 3.27. The van der Waals surface area contributed by atoms with Crippen molar-refractivity contribution in [3.8, 4) is 11.5 Å². The summed E-state index contributed by atoms with van der Waals surface area (Å²) in [5.41, 5.74) is -0.561. The third-order valence-electron chi connectivity index (χ3n) is 4.44. The van der Waals surface area contributed by atoms with Gasteiger partial charge in [0.2, 0.25) is 0 Å². The Labute approximate surface area is 159 Å². The van der Waals surface area contributed by atoms with Crippen LogP contribution in [-0.4, -0.2) is 34.8 Å². The minimum absolute atomic E-state index is 0.0158. The fraction of sp³-hybridized carbons (Fsp3) is 0.211. The molecule has 2 heterocycles. The molecule has 0 radical (unpaired) electrons. The second-order valence-corrected chi connectivity index (χ2v) is 6.15. The van der Waals surface area contributed by atoms with E-state index >= 15 is 0 Å². The first-order valence-electron chi connectivity index (χ1n) is 8.34. The minimum atomic E-state index is -0.979. The first kappa shape index (κ1) is 19.0. The molecule has 0 amide bonds. The molecule has 2 aromatic rings. The lowest BCUT2D eigenvalue weighted by atomic mass is 9.77. The van der Waals surface area contributed by atoms with Crippen LogP contribution in [0.25, 0.3) is 0 Å². The standard InChI is InChI=1S/C19H19N3O6/c1-4-7-28-18(25)13-9(2)20-16-15(17(24)22-19(26)21-16)14(13)10-5-6-12(27-3)11(23)8-10/h4-6,8,13-14,23H,1-2,7H2,3H3,(H3,20,21,22,24,26). The van der Waals surface area contributed by atoms with Gasteiger partial charge in [-0.1, -0.05) is 25.3 Å². The van der Waals surface area contributed by atoms with Crippen LogP contribution < -0.4 is 21.3 Å². The van der Waals surface area contributed by atoms with Gasteiger partial charge in [-0.3, -0.25) is 19.6 Å². The lowest BCUT2D eigenvalue weighted by Crippen LogP contribution is -2.40. The number of methoxy groups -OCH3 is 1. The third-order valence-corrected chi connectivity index (χ3v) is 4.44. The highest BCUT2D eigenvalue weighted by Crippen LogP contribution is 2.43. The van der Waals surface area contributed by atoms with Gasteiger partial charge in [0.05, 0.1) is 12.7 Å². The first-order valence-corrected chi connectivity index (χ1v) is 8.34. The van der Waals surface area contributed by atoms with E-state index in [9.17, 15) is 19.5 Å². The summed E-state index contributed by atoms with van der Waals surface area (Å²) in [6.07, 6.45) is 1.42. The predicted molar refractivity (Wildman–Crippen MR) is 102 cm³/mol. The zero-order chi connectivity index (χ0) is 20.4. The van der Waals surface area contributed by atoms with E-state index in [4.69, 9.17) is 9.47 Å². The maximum atomic E-state index is 12.7. The molecule has 4 N–H and O–H groups in total. The Morgan fingerprint density at radius 1 is 1.32 bits per heavy atom. The van der Waals surface area contributed by atoms with Crippen LogP contribution in [0.2, 0.25) is 0 Å². The smallest absolute Gasteiger partial charge is 0.327 e. The van der Waals surface area contributed by atoms with Crippen molar-refractivity contribution < 1.29 is 19.4 Å². The predicted octanol–water partition coefficient (Wildman–Crippen LogP) is 1.19. The van der Waals surface area contributed by atoms with Crippen molar-refractivity contribution in [2.24, 2.45) is 5.92 Å². The van der Waals surface area contributed by atoms with Crippen molar-refractivity contribution in [2.75, 3.05) is 19.0 Å². The molecule has 0 saturated carbocycles. The largest absolute Gasteiger partial charge is 0.504 e. The molecule has 28 heavy (non-hydrogen) atoms. The molecule has 9 heteroatoms. The zero-order valence-electron chi connectivity index (χ0n) is 15.1. The van der Waals surface area contributed by atoms with Crippen molar-refractivity contribution in [1.29, 1.82) is 0 Å². The van der Waals surface area contributed by atoms with Gasteiger partial charge in [-0.15, -0.1) is 0 Å². The molecule has 0 fully saturated rings.